The first-order valence-electron chi connectivity index (χ1n) is 9.55. The largest absolute Gasteiger partial charge is 0.352 e. The molecule has 2 nitrogen and oxygen atoms in total. The number of hydrogen-bond donors (Lipinski definition) is 1. The summed E-state index contributed by atoms with van der Waals surface area (Å²) in [6, 6.07) is 27.4. The van der Waals surface area contributed by atoms with Gasteiger partial charge in [-0.25, -0.2) is 0 Å². The Labute approximate surface area is 161 Å². The Hall–Kier alpha value is -2.87. The highest BCUT2D eigenvalue weighted by molar-refractivity contribution is 5.86. The number of benzene rings is 3. The minimum absolute atomic E-state index is 0.0216. The Bertz CT molecular complexity index is 881. The molecule has 1 fully saturated rings. The van der Waals surface area contributed by atoms with Crippen molar-refractivity contribution >= 4 is 5.91 Å². The van der Waals surface area contributed by atoms with Crippen LogP contribution >= 0.6 is 0 Å². The molecule has 2 heteroatoms. The minimum atomic E-state index is -0.206. The third-order valence-electron chi connectivity index (χ3n) is 5.72. The zero-order valence-corrected chi connectivity index (χ0v) is 15.9. The predicted molar refractivity (Wildman–Crippen MR) is 110 cm³/mol. The molecule has 0 bridgehead atoms. The van der Waals surface area contributed by atoms with E-state index < -0.39 is 0 Å². The van der Waals surface area contributed by atoms with Gasteiger partial charge < -0.3 is 5.32 Å². The SMILES string of the molecule is Cc1ccc(C2(c3ccc(C)cc3)C[C@@H]2C(=O)NCc2ccccc2)cc1. The third kappa shape index (κ3) is 3.40. The molecular weight excluding hydrogens is 330 g/mol. The first-order valence-corrected chi connectivity index (χ1v) is 9.55. The molecule has 1 atom stereocenters. The Morgan fingerprint density at radius 1 is 0.852 bits per heavy atom. The van der Waals surface area contributed by atoms with Crippen LogP contribution in [-0.2, 0) is 16.8 Å². The zero-order valence-electron chi connectivity index (χ0n) is 15.9. The van der Waals surface area contributed by atoms with E-state index >= 15 is 0 Å². The van der Waals surface area contributed by atoms with Gasteiger partial charge in [-0.15, -0.1) is 0 Å². The second kappa shape index (κ2) is 7.03. The number of aryl methyl sites for hydroxylation is 2. The van der Waals surface area contributed by atoms with Gasteiger partial charge in [0.05, 0.1) is 5.92 Å². The Balaban J connectivity index is 1.60. The molecule has 0 unspecified atom stereocenters. The summed E-state index contributed by atoms with van der Waals surface area (Å²) < 4.78 is 0. The van der Waals surface area contributed by atoms with E-state index in [1.807, 2.05) is 30.3 Å². The molecule has 1 aliphatic carbocycles. The molecule has 1 amide bonds. The van der Waals surface area contributed by atoms with E-state index in [2.05, 4.69) is 67.7 Å². The van der Waals surface area contributed by atoms with E-state index in [0.717, 1.165) is 12.0 Å². The van der Waals surface area contributed by atoms with E-state index in [1.54, 1.807) is 0 Å². The van der Waals surface area contributed by atoms with Gasteiger partial charge in [0.25, 0.3) is 0 Å². The third-order valence-corrected chi connectivity index (χ3v) is 5.72. The molecule has 3 aromatic carbocycles. The molecule has 1 saturated carbocycles. The van der Waals surface area contributed by atoms with Crippen molar-refractivity contribution in [2.75, 3.05) is 0 Å². The normalized spacial score (nSPS) is 17.3. The zero-order chi connectivity index (χ0) is 18.9. The molecule has 0 aromatic heterocycles. The van der Waals surface area contributed by atoms with Gasteiger partial charge in [0.1, 0.15) is 0 Å². The van der Waals surface area contributed by atoms with Crippen LogP contribution in [0.3, 0.4) is 0 Å². The van der Waals surface area contributed by atoms with Crippen molar-refractivity contribution in [3.05, 3.63) is 107 Å². The van der Waals surface area contributed by atoms with Gasteiger partial charge in [0.2, 0.25) is 5.91 Å². The van der Waals surface area contributed by atoms with Crippen molar-refractivity contribution in [2.24, 2.45) is 5.92 Å². The summed E-state index contributed by atoms with van der Waals surface area (Å²) >= 11 is 0. The fraction of sp³-hybridized carbons (Fsp3) is 0.240. The molecule has 27 heavy (non-hydrogen) atoms. The first-order chi connectivity index (χ1) is 13.1. The maximum absolute atomic E-state index is 13.0. The van der Waals surface area contributed by atoms with Crippen LogP contribution in [0.1, 0.15) is 34.2 Å². The fourth-order valence-electron chi connectivity index (χ4n) is 3.99. The molecule has 1 aliphatic rings. The van der Waals surface area contributed by atoms with E-state index in [1.165, 1.54) is 22.3 Å². The minimum Gasteiger partial charge on any atom is -0.352 e. The molecule has 0 aliphatic heterocycles. The van der Waals surface area contributed by atoms with Gasteiger partial charge >= 0.3 is 0 Å². The summed E-state index contributed by atoms with van der Waals surface area (Å²) in [6.07, 6.45) is 0.861. The summed E-state index contributed by atoms with van der Waals surface area (Å²) in [4.78, 5) is 13.0. The fourth-order valence-corrected chi connectivity index (χ4v) is 3.99. The average Bonchev–Trinajstić information content (AvgIpc) is 3.45. The highest BCUT2D eigenvalue weighted by atomic mass is 16.2. The second-order valence-electron chi connectivity index (χ2n) is 7.66. The average molecular weight is 355 g/mol. The summed E-state index contributed by atoms with van der Waals surface area (Å²) in [5.74, 6) is 0.117. The molecule has 0 saturated heterocycles. The van der Waals surface area contributed by atoms with Gasteiger partial charge in [-0.05, 0) is 37.0 Å². The van der Waals surface area contributed by atoms with Crippen molar-refractivity contribution in [1.29, 1.82) is 0 Å². The van der Waals surface area contributed by atoms with E-state index in [-0.39, 0.29) is 17.2 Å². The highest BCUT2D eigenvalue weighted by Crippen LogP contribution is 2.59. The lowest BCUT2D eigenvalue weighted by Crippen LogP contribution is -2.28. The van der Waals surface area contributed by atoms with Crippen molar-refractivity contribution < 1.29 is 4.79 Å². The first kappa shape index (κ1) is 17.5. The van der Waals surface area contributed by atoms with Gasteiger partial charge in [0, 0.05) is 12.0 Å². The predicted octanol–water partition coefficient (Wildman–Crippen LogP) is 4.93. The molecule has 136 valence electrons. The van der Waals surface area contributed by atoms with Gasteiger partial charge in [-0.1, -0.05) is 90.0 Å². The van der Waals surface area contributed by atoms with E-state index in [0.29, 0.717) is 6.54 Å². The van der Waals surface area contributed by atoms with Crippen LogP contribution in [-0.4, -0.2) is 5.91 Å². The van der Waals surface area contributed by atoms with Crippen LogP contribution in [0.4, 0.5) is 0 Å². The maximum Gasteiger partial charge on any atom is 0.224 e. The molecule has 1 N–H and O–H groups in total. The summed E-state index contributed by atoms with van der Waals surface area (Å²) in [5, 5.41) is 3.14. The second-order valence-corrected chi connectivity index (χ2v) is 7.66. The number of rotatable bonds is 5. The van der Waals surface area contributed by atoms with Gasteiger partial charge in [-0.2, -0.15) is 0 Å². The number of amides is 1. The van der Waals surface area contributed by atoms with Gasteiger partial charge in [0.15, 0.2) is 0 Å². The number of carbonyl (C=O) groups is 1. The van der Waals surface area contributed by atoms with Gasteiger partial charge in [-0.3, -0.25) is 4.79 Å². The van der Waals surface area contributed by atoms with Crippen molar-refractivity contribution in [2.45, 2.75) is 32.2 Å². The molecule has 0 radical (unpaired) electrons. The van der Waals surface area contributed by atoms with E-state index in [4.69, 9.17) is 0 Å². The summed E-state index contributed by atoms with van der Waals surface area (Å²) in [6.45, 7) is 4.77. The Morgan fingerprint density at radius 3 is 1.89 bits per heavy atom. The van der Waals surface area contributed by atoms with E-state index in [9.17, 15) is 4.79 Å². The topological polar surface area (TPSA) is 29.1 Å². The Morgan fingerprint density at radius 2 is 1.37 bits per heavy atom. The molecular formula is C25H25NO. The van der Waals surface area contributed by atoms with Crippen LogP contribution in [0.25, 0.3) is 0 Å². The van der Waals surface area contributed by atoms with Crippen LogP contribution in [0.15, 0.2) is 78.9 Å². The monoisotopic (exact) mass is 355 g/mol. The van der Waals surface area contributed by atoms with Crippen molar-refractivity contribution in [3.63, 3.8) is 0 Å². The number of hydrogen-bond acceptors (Lipinski definition) is 1. The summed E-state index contributed by atoms with van der Waals surface area (Å²) in [7, 11) is 0. The molecule has 0 heterocycles. The van der Waals surface area contributed by atoms with Crippen LogP contribution in [0, 0.1) is 19.8 Å². The molecule has 4 rings (SSSR count). The summed E-state index contributed by atoms with van der Waals surface area (Å²) in [5.41, 5.74) is 5.87. The highest BCUT2D eigenvalue weighted by Gasteiger charge is 2.60. The number of nitrogens with one attached hydrogen (secondary N) is 1. The molecule has 0 spiro atoms. The quantitative estimate of drug-likeness (QED) is 0.691. The smallest absolute Gasteiger partial charge is 0.224 e. The lowest BCUT2D eigenvalue weighted by atomic mass is 9.85. The van der Waals surface area contributed by atoms with Crippen molar-refractivity contribution in [3.8, 4) is 0 Å². The van der Waals surface area contributed by atoms with Crippen LogP contribution in [0.5, 0.6) is 0 Å². The Kier molecular flexibility index (Phi) is 4.57. The van der Waals surface area contributed by atoms with Crippen LogP contribution < -0.4 is 5.32 Å². The number of carbonyl (C=O) groups excluding carboxylic acids is 1. The molecule has 3 aromatic rings. The lowest BCUT2D eigenvalue weighted by molar-refractivity contribution is -0.122. The maximum atomic E-state index is 13.0. The van der Waals surface area contributed by atoms with Crippen molar-refractivity contribution in [1.82, 2.24) is 5.32 Å². The lowest BCUT2D eigenvalue weighted by Gasteiger charge is -2.19. The standard InChI is InChI=1S/C25H25NO/c1-18-8-12-21(13-9-18)25(22-14-10-19(2)11-15-22)16-23(25)24(27)26-17-20-6-4-3-5-7-20/h3-15,23H,16-17H2,1-2H3,(H,26,27)/t23-/m1/s1. The van der Waals surface area contributed by atoms with Crippen LogP contribution in [0.2, 0.25) is 0 Å².